The molecule has 2 aliphatic heterocycles. The summed E-state index contributed by atoms with van der Waals surface area (Å²) < 4.78 is 53.4. The van der Waals surface area contributed by atoms with E-state index in [1.807, 2.05) is 0 Å². The molecule has 0 aromatic heterocycles. The number of benzene rings is 1. The monoisotopic (exact) mass is 304 g/mol. The molecule has 1 aromatic rings. The summed E-state index contributed by atoms with van der Waals surface area (Å²) in [4.78, 5) is -0.126. The van der Waals surface area contributed by atoms with Gasteiger partial charge in [0.25, 0.3) is 0 Å². The molecule has 3 atom stereocenters. The quantitative estimate of drug-likeness (QED) is 0.908. The van der Waals surface area contributed by atoms with E-state index in [0.717, 1.165) is 18.9 Å². The number of fused-ring (bicyclic) bond motifs is 2. The second-order valence-electron chi connectivity index (χ2n) is 5.15. The zero-order valence-corrected chi connectivity index (χ0v) is 11.5. The normalized spacial score (nSPS) is 28.6. The van der Waals surface area contributed by atoms with Crippen molar-refractivity contribution in [2.24, 2.45) is 0 Å². The van der Waals surface area contributed by atoms with Crippen molar-refractivity contribution in [1.82, 2.24) is 9.62 Å². The standard InChI is InChI=1S/C13H15F3N2OS/c14-13(15,16)11-3-1-2-4-12(11)20(19)18-9-5-6-10(18)8-17-7-9/h1-4,9-10,17H,5-8H2. The zero-order chi connectivity index (χ0) is 14.3. The number of nitrogens with one attached hydrogen (secondary N) is 1. The van der Waals surface area contributed by atoms with E-state index < -0.39 is 22.7 Å². The summed E-state index contributed by atoms with van der Waals surface area (Å²) in [5.41, 5.74) is -0.795. The number of hydrogen-bond acceptors (Lipinski definition) is 2. The fourth-order valence-corrected chi connectivity index (χ4v) is 4.67. The largest absolute Gasteiger partial charge is 0.417 e. The first-order valence-electron chi connectivity index (χ1n) is 6.55. The van der Waals surface area contributed by atoms with E-state index in [0.29, 0.717) is 13.1 Å². The van der Waals surface area contributed by atoms with E-state index in [2.05, 4.69) is 5.32 Å². The first kappa shape index (κ1) is 14.0. The molecule has 20 heavy (non-hydrogen) atoms. The molecule has 7 heteroatoms. The highest BCUT2D eigenvalue weighted by atomic mass is 32.2. The van der Waals surface area contributed by atoms with Crippen molar-refractivity contribution in [2.75, 3.05) is 13.1 Å². The lowest BCUT2D eigenvalue weighted by Gasteiger charge is -2.34. The fourth-order valence-electron chi connectivity index (χ4n) is 2.98. The van der Waals surface area contributed by atoms with Crippen LogP contribution < -0.4 is 5.32 Å². The van der Waals surface area contributed by atoms with Crippen LogP contribution in [0.2, 0.25) is 0 Å². The molecular weight excluding hydrogens is 289 g/mol. The van der Waals surface area contributed by atoms with Crippen LogP contribution in [0.3, 0.4) is 0 Å². The molecule has 2 saturated heterocycles. The van der Waals surface area contributed by atoms with Gasteiger partial charge in [0, 0.05) is 25.2 Å². The molecule has 3 rings (SSSR count). The van der Waals surface area contributed by atoms with Crippen molar-refractivity contribution in [2.45, 2.75) is 36.0 Å². The number of rotatable bonds is 2. The third-order valence-electron chi connectivity index (χ3n) is 3.88. The number of hydrogen-bond donors (Lipinski definition) is 1. The lowest BCUT2D eigenvalue weighted by atomic mass is 10.2. The molecule has 0 amide bonds. The molecule has 3 unspecified atom stereocenters. The van der Waals surface area contributed by atoms with Gasteiger partial charge in [-0.3, -0.25) is 0 Å². The van der Waals surface area contributed by atoms with E-state index in [-0.39, 0.29) is 17.0 Å². The van der Waals surface area contributed by atoms with E-state index in [1.54, 1.807) is 4.31 Å². The van der Waals surface area contributed by atoms with Crippen LogP contribution in [0.15, 0.2) is 29.2 Å². The van der Waals surface area contributed by atoms with Crippen LogP contribution in [-0.4, -0.2) is 33.7 Å². The Morgan fingerprint density at radius 3 is 2.35 bits per heavy atom. The Morgan fingerprint density at radius 2 is 1.75 bits per heavy atom. The zero-order valence-electron chi connectivity index (χ0n) is 10.7. The van der Waals surface area contributed by atoms with Crippen LogP contribution in [0, 0.1) is 0 Å². The lowest BCUT2D eigenvalue weighted by molar-refractivity contribution is -0.139. The number of alkyl halides is 3. The fraction of sp³-hybridized carbons (Fsp3) is 0.538. The maximum Gasteiger partial charge on any atom is 0.417 e. The third kappa shape index (κ3) is 2.38. The highest BCUT2D eigenvalue weighted by Crippen LogP contribution is 2.37. The first-order chi connectivity index (χ1) is 9.48. The molecule has 110 valence electrons. The Balaban J connectivity index is 1.96. The van der Waals surface area contributed by atoms with E-state index in [4.69, 9.17) is 0 Å². The lowest BCUT2D eigenvalue weighted by Crippen LogP contribution is -2.52. The Hall–Kier alpha value is -0.920. The van der Waals surface area contributed by atoms with Crippen molar-refractivity contribution in [1.29, 1.82) is 0 Å². The van der Waals surface area contributed by atoms with Gasteiger partial charge in [0.1, 0.15) is 11.0 Å². The number of piperazine rings is 1. The van der Waals surface area contributed by atoms with E-state index in [9.17, 15) is 17.4 Å². The molecule has 2 aliphatic rings. The minimum absolute atomic E-state index is 0.0656. The summed E-state index contributed by atoms with van der Waals surface area (Å²) in [6.45, 7) is 1.38. The topological polar surface area (TPSA) is 32.3 Å². The van der Waals surface area contributed by atoms with Crippen LogP contribution in [0.4, 0.5) is 13.2 Å². The van der Waals surface area contributed by atoms with Gasteiger partial charge < -0.3 is 5.32 Å². The molecule has 1 N–H and O–H groups in total. The maximum atomic E-state index is 13.0. The predicted molar refractivity (Wildman–Crippen MR) is 69.4 cm³/mol. The SMILES string of the molecule is O=S(c1ccccc1C(F)(F)F)N1C2CCC1CNC2. The Morgan fingerprint density at radius 1 is 1.15 bits per heavy atom. The molecule has 2 bridgehead atoms. The smallest absolute Gasteiger partial charge is 0.314 e. The Bertz CT molecular complexity index is 519. The summed E-state index contributed by atoms with van der Waals surface area (Å²) in [7, 11) is -1.75. The van der Waals surface area contributed by atoms with Gasteiger partial charge in [-0.1, -0.05) is 12.1 Å². The minimum Gasteiger partial charge on any atom is -0.314 e. The summed E-state index contributed by atoms with van der Waals surface area (Å²) in [6, 6.07) is 5.28. The summed E-state index contributed by atoms with van der Waals surface area (Å²) in [5, 5.41) is 3.23. The molecular formula is C13H15F3N2OS. The van der Waals surface area contributed by atoms with E-state index >= 15 is 0 Å². The molecule has 2 heterocycles. The third-order valence-corrected chi connectivity index (χ3v) is 5.60. The molecule has 2 fully saturated rings. The van der Waals surface area contributed by atoms with Crippen LogP contribution in [0.25, 0.3) is 0 Å². The van der Waals surface area contributed by atoms with Gasteiger partial charge in [-0.2, -0.15) is 13.2 Å². The predicted octanol–water partition coefficient (Wildman–Crippen LogP) is 2.16. The van der Waals surface area contributed by atoms with E-state index in [1.165, 1.54) is 18.2 Å². The number of halogens is 3. The average Bonchev–Trinajstić information content (AvgIpc) is 2.66. The van der Waals surface area contributed by atoms with Gasteiger partial charge in [0.05, 0.1) is 10.5 Å². The van der Waals surface area contributed by atoms with Crippen molar-refractivity contribution >= 4 is 11.0 Å². The van der Waals surface area contributed by atoms with Crippen LogP contribution in [-0.2, 0) is 17.2 Å². The van der Waals surface area contributed by atoms with Crippen molar-refractivity contribution in [3.05, 3.63) is 29.8 Å². The Labute approximate surface area is 117 Å². The first-order valence-corrected chi connectivity index (χ1v) is 7.66. The van der Waals surface area contributed by atoms with Gasteiger partial charge >= 0.3 is 6.18 Å². The van der Waals surface area contributed by atoms with Crippen molar-refractivity contribution in [3.63, 3.8) is 0 Å². The second-order valence-corrected chi connectivity index (χ2v) is 6.51. The summed E-state index contributed by atoms with van der Waals surface area (Å²) >= 11 is 0. The summed E-state index contributed by atoms with van der Waals surface area (Å²) in [5.74, 6) is 0. The molecule has 0 aliphatic carbocycles. The second kappa shape index (κ2) is 5.13. The molecule has 0 radical (unpaired) electrons. The Kier molecular flexibility index (Phi) is 3.60. The number of nitrogens with zero attached hydrogens (tertiary/aromatic N) is 1. The highest BCUT2D eigenvalue weighted by Gasteiger charge is 2.43. The van der Waals surface area contributed by atoms with Crippen LogP contribution in [0.5, 0.6) is 0 Å². The maximum absolute atomic E-state index is 13.0. The van der Waals surface area contributed by atoms with Gasteiger partial charge in [-0.25, -0.2) is 8.51 Å². The molecule has 0 spiro atoms. The van der Waals surface area contributed by atoms with Gasteiger partial charge in [0.2, 0.25) is 0 Å². The van der Waals surface area contributed by atoms with Gasteiger partial charge in [-0.15, -0.1) is 0 Å². The van der Waals surface area contributed by atoms with Gasteiger partial charge in [0.15, 0.2) is 0 Å². The van der Waals surface area contributed by atoms with Crippen molar-refractivity contribution < 1.29 is 17.4 Å². The van der Waals surface area contributed by atoms with Crippen LogP contribution in [0.1, 0.15) is 18.4 Å². The highest BCUT2D eigenvalue weighted by molar-refractivity contribution is 7.82. The minimum atomic E-state index is -4.47. The molecule has 3 nitrogen and oxygen atoms in total. The summed E-state index contributed by atoms with van der Waals surface area (Å²) in [6.07, 6.45) is -2.70. The van der Waals surface area contributed by atoms with Crippen molar-refractivity contribution in [3.8, 4) is 0 Å². The van der Waals surface area contributed by atoms with Crippen LogP contribution >= 0.6 is 0 Å². The average molecular weight is 304 g/mol. The molecule has 0 saturated carbocycles. The molecule has 1 aromatic carbocycles. The van der Waals surface area contributed by atoms with Gasteiger partial charge in [-0.05, 0) is 25.0 Å².